The van der Waals surface area contributed by atoms with Gasteiger partial charge in [-0.15, -0.1) is 11.3 Å². The highest BCUT2D eigenvalue weighted by Gasteiger charge is 2.12. The van der Waals surface area contributed by atoms with E-state index >= 15 is 0 Å². The maximum Gasteiger partial charge on any atom is 0.230 e. The molecule has 0 bridgehead atoms. The number of hydrogen-bond acceptors (Lipinski definition) is 3. The predicted molar refractivity (Wildman–Crippen MR) is 86.2 cm³/mol. The van der Waals surface area contributed by atoms with Gasteiger partial charge < -0.3 is 5.32 Å². The molecule has 0 saturated heterocycles. The molecule has 1 N–H and O–H groups in total. The number of rotatable bonds is 4. The summed E-state index contributed by atoms with van der Waals surface area (Å²) in [7, 11) is 0. The Balaban J connectivity index is 1.71. The maximum atomic E-state index is 13.7. The predicted octanol–water partition coefficient (Wildman–Crippen LogP) is 4.27. The van der Waals surface area contributed by atoms with Gasteiger partial charge in [-0.05, 0) is 17.7 Å². The fraction of sp³-hybridized carbons (Fsp3) is 0.0588. The van der Waals surface area contributed by atoms with Gasteiger partial charge in [0.05, 0.1) is 12.1 Å². The number of anilines is 1. The molecule has 1 aromatic heterocycles. The van der Waals surface area contributed by atoms with E-state index in [1.165, 1.54) is 23.5 Å². The summed E-state index contributed by atoms with van der Waals surface area (Å²) >= 11 is 1.19. The number of hydrogen-bond donors (Lipinski definition) is 1. The molecule has 3 rings (SSSR count). The zero-order valence-electron chi connectivity index (χ0n) is 11.9. The zero-order valence-corrected chi connectivity index (χ0v) is 12.7. The highest BCUT2D eigenvalue weighted by molar-refractivity contribution is 7.14. The summed E-state index contributed by atoms with van der Waals surface area (Å²) in [6, 6.07) is 12.6. The fourth-order valence-electron chi connectivity index (χ4n) is 2.10. The van der Waals surface area contributed by atoms with Gasteiger partial charge in [-0.1, -0.05) is 30.3 Å². The Morgan fingerprint density at radius 2 is 1.91 bits per heavy atom. The molecule has 0 saturated carbocycles. The Morgan fingerprint density at radius 1 is 1.13 bits per heavy atom. The highest BCUT2D eigenvalue weighted by atomic mass is 32.1. The van der Waals surface area contributed by atoms with Crippen molar-refractivity contribution in [1.29, 1.82) is 0 Å². The Labute approximate surface area is 135 Å². The van der Waals surface area contributed by atoms with Gasteiger partial charge >= 0.3 is 0 Å². The van der Waals surface area contributed by atoms with E-state index in [0.717, 1.165) is 11.6 Å². The SMILES string of the molecule is O=C(Cc1ccccc1)Nc1nc(-c2ccc(F)cc2F)cs1. The van der Waals surface area contributed by atoms with E-state index in [1.54, 1.807) is 5.38 Å². The first kappa shape index (κ1) is 15.3. The zero-order chi connectivity index (χ0) is 16.2. The van der Waals surface area contributed by atoms with Crippen molar-refractivity contribution in [3.63, 3.8) is 0 Å². The minimum absolute atomic E-state index is 0.198. The molecule has 2 aromatic carbocycles. The molecule has 3 nitrogen and oxygen atoms in total. The number of carbonyl (C=O) groups is 1. The second-order valence-electron chi connectivity index (χ2n) is 4.87. The first-order valence-corrected chi connectivity index (χ1v) is 7.74. The molecular weight excluding hydrogens is 318 g/mol. The van der Waals surface area contributed by atoms with Gasteiger partial charge in [0.2, 0.25) is 5.91 Å². The maximum absolute atomic E-state index is 13.7. The van der Waals surface area contributed by atoms with Gasteiger partial charge in [0, 0.05) is 17.0 Å². The molecular formula is C17H12F2N2OS. The molecule has 116 valence electrons. The van der Waals surface area contributed by atoms with Crippen LogP contribution in [0.5, 0.6) is 0 Å². The topological polar surface area (TPSA) is 42.0 Å². The van der Waals surface area contributed by atoms with Gasteiger partial charge in [-0.25, -0.2) is 13.8 Å². The van der Waals surface area contributed by atoms with Gasteiger partial charge in [0.1, 0.15) is 11.6 Å². The highest BCUT2D eigenvalue weighted by Crippen LogP contribution is 2.27. The molecule has 1 amide bonds. The first-order valence-electron chi connectivity index (χ1n) is 6.86. The van der Waals surface area contributed by atoms with Crippen LogP contribution in [0.4, 0.5) is 13.9 Å². The molecule has 1 heterocycles. The molecule has 23 heavy (non-hydrogen) atoms. The summed E-state index contributed by atoms with van der Waals surface area (Å²) in [6.45, 7) is 0. The third-order valence-corrected chi connectivity index (χ3v) is 3.92. The lowest BCUT2D eigenvalue weighted by Gasteiger charge is -2.02. The van der Waals surface area contributed by atoms with Crippen molar-refractivity contribution in [3.8, 4) is 11.3 Å². The van der Waals surface area contributed by atoms with Crippen LogP contribution in [-0.4, -0.2) is 10.9 Å². The second-order valence-corrected chi connectivity index (χ2v) is 5.73. The van der Waals surface area contributed by atoms with E-state index in [2.05, 4.69) is 10.3 Å². The number of aromatic nitrogens is 1. The van der Waals surface area contributed by atoms with Crippen LogP contribution in [0.15, 0.2) is 53.9 Å². The Kier molecular flexibility index (Phi) is 4.43. The lowest BCUT2D eigenvalue weighted by molar-refractivity contribution is -0.115. The molecule has 6 heteroatoms. The van der Waals surface area contributed by atoms with Crippen LogP contribution < -0.4 is 5.32 Å². The summed E-state index contributed by atoms with van der Waals surface area (Å²) in [6.07, 6.45) is 0.237. The smallest absolute Gasteiger partial charge is 0.230 e. The molecule has 3 aromatic rings. The van der Waals surface area contributed by atoms with Crippen LogP contribution in [0.3, 0.4) is 0 Å². The third-order valence-electron chi connectivity index (χ3n) is 3.17. The van der Waals surface area contributed by atoms with E-state index in [4.69, 9.17) is 0 Å². The van der Waals surface area contributed by atoms with Crippen molar-refractivity contribution in [2.75, 3.05) is 5.32 Å². The number of nitrogens with one attached hydrogen (secondary N) is 1. The van der Waals surface area contributed by atoms with Gasteiger partial charge in [0.15, 0.2) is 5.13 Å². The van der Waals surface area contributed by atoms with Gasteiger partial charge in [-0.3, -0.25) is 4.79 Å². The van der Waals surface area contributed by atoms with Crippen molar-refractivity contribution < 1.29 is 13.6 Å². The number of amides is 1. The minimum atomic E-state index is -0.683. The van der Waals surface area contributed by atoms with Crippen LogP contribution in [-0.2, 0) is 11.2 Å². The van der Waals surface area contributed by atoms with E-state index < -0.39 is 11.6 Å². The van der Waals surface area contributed by atoms with E-state index in [9.17, 15) is 13.6 Å². The van der Waals surface area contributed by atoms with E-state index in [0.29, 0.717) is 10.8 Å². The Bertz CT molecular complexity index is 834. The van der Waals surface area contributed by atoms with Gasteiger partial charge in [-0.2, -0.15) is 0 Å². The summed E-state index contributed by atoms with van der Waals surface area (Å²) in [5.74, 6) is -1.52. The first-order chi connectivity index (χ1) is 11.1. The molecule has 0 atom stereocenters. The lowest BCUT2D eigenvalue weighted by atomic mass is 10.1. The molecule has 0 fully saturated rings. The second kappa shape index (κ2) is 6.66. The molecule has 0 spiro atoms. The number of nitrogens with zero attached hydrogens (tertiary/aromatic N) is 1. The standard InChI is InChI=1S/C17H12F2N2OS/c18-12-6-7-13(14(19)9-12)15-10-23-17(20-15)21-16(22)8-11-4-2-1-3-5-11/h1-7,9-10H,8H2,(H,20,21,22). The average Bonchev–Trinajstić information content (AvgIpc) is 2.96. The minimum Gasteiger partial charge on any atom is -0.302 e. The van der Waals surface area contributed by atoms with Crippen molar-refractivity contribution in [2.24, 2.45) is 0 Å². The van der Waals surface area contributed by atoms with Crippen LogP contribution in [0, 0.1) is 11.6 Å². The number of halogens is 2. The molecule has 0 aliphatic heterocycles. The number of thiazole rings is 1. The summed E-state index contributed by atoms with van der Waals surface area (Å²) < 4.78 is 26.7. The summed E-state index contributed by atoms with van der Waals surface area (Å²) in [4.78, 5) is 16.1. The lowest BCUT2D eigenvalue weighted by Crippen LogP contribution is -2.14. The molecule has 0 aliphatic rings. The monoisotopic (exact) mass is 330 g/mol. The largest absolute Gasteiger partial charge is 0.302 e. The quantitative estimate of drug-likeness (QED) is 0.776. The van der Waals surface area contributed by atoms with Crippen molar-refractivity contribution >= 4 is 22.4 Å². The van der Waals surface area contributed by atoms with E-state index in [-0.39, 0.29) is 17.9 Å². The summed E-state index contributed by atoms with van der Waals surface area (Å²) in [5.41, 5.74) is 1.46. The van der Waals surface area contributed by atoms with Crippen LogP contribution in [0.1, 0.15) is 5.56 Å². The van der Waals surface area contributed by atoms with Crippen molar-refractivity contribution in [1.82, 2.24) is 4.98 Å². The number of benzene rings is 2. The molecule has 0 aliphatic carbocycles. The number of carbonyl (C=O) groups excluding carboxylic acids is 1. The average molecular weight is 330 g/mol. The fourth-order valence-corrected chi connectivity index (χ4v) is 2.82. The van der Waals surface area contributed by atoms with Crippen molar-refractivity contribution in [2.45, 2.75) is 6.42 Å². The van der Waals surface area contributed by atoms with E-state index in [1.807, 2.05) is 30.3 Å². The van der Waals surface area contributed by atoms with Crippen LogP contribution in [0.2, 0.25) is 0 Å². The van der Waals surface area contributed by atoms with Crippen LogP contribution >= 0.6 is 11.3 Å². The molecule has 0 radical (unpaired) electrons. The molecule has 0 unspecified atom stereocenters. The van der Waals surface area contributed by atoms with Gasteiger partial charge in [0.25, 0.3) is 0 Å². The van der Waals surface area contributed by atoms with Crippen LogP contribution in [0.25, 0.3) is 11.3 Å². The third kappa shape index (κ3) is 3.78. The normalized spacial score (nSPS) is 10.5. The Morgan fingerprint density at radius 3 is 2.65 bits per heavy atom. The van der Waals surface area contributed by atoms with Crippen molar-refractivity contribution in [3.05, 3.63) is 71.1 Å². The summed E-state index contributed by atoms with van der Waals surface area (Å²) in [5, 5.41) is 4.68. The Hall–Kier alpha value is -2.60.